The summed E-state index contributed by atoms with van der Waals surface area (Å²) in [5.74, 6) is -0.448. The van der Waals surface area contributed by atoms with Crippen molar-refractivity contribution in [2.24, 2.45) is 0 Å². The molecule has 1 N–H and O–H groups in total. The van der Waals surface area contributed by atoms with E-state index in [4.69, 9.17) is 9.47 Å². The van der Waals surface area contributed by atoms with Gasteiger partial charge in [-0.15, -0.1) is 0 Å². The standard InChI is InChI=1S/C38H68O6/c1-3-5-7-8-9-10-11-12-13-14-17-21-24-28-32-38(42)44-36(33-39)34-43-37(41)31-27-23-20-18-15-16-19-22-26-30-35(40)29-25-6-4-2/h19,22,26,30,36,39H,3-18,20-21,23-25,27-29,31-34H2,1-2H3/b22-19-,30-26+/t36-/m0/s1. The molecule has 0 amide bonds. The molecule has 0 radical (unpaired) electrons. The first-order valence-electron chi connectivity index (χ1n) is 18.3. The Morgan fingerprint density at radius 3 is 1.57 bits per heavy atom. The van der Waals surface area contributed by atoms with Gasteiger partial charge in [0.1, 0.15) is 6.61 Å². The van der Waals surface area contributed by atoms with Gasteiger partial charge in [0.2, 0.25) is 0 Å². The van der Waals surface area contributed by atoms with Crippen LogP contribution in [0.15, 0.2) is 24.3 Å². The average Bonchev–Trinajstić information content (AvgIpc) is 3.02. The summed E-state index contributed by atoms with van der Waals surface area (Å²) in [5, 5.41) is 9.52. The molecular formula is C38H68O6. The Hall–Kier alpha value is -1.95. The Bertz CT molecular complexity index is 729. The van der Waals surface area contributed by atoms with E-state index in [1.165, 1.54) is 70.6 Å². The number of carbonyl (C=O) groups is 3. The monoisotopic (exact) mass is 621 g/mol. The first-order valence-corrected chi connectivity index (χ1v) is 18.3. The predicted octanol–water partition coefficient (Wildman–Crippen LogP) is 10.3. The molecule has 0 aromatic carbocycles. The van der Waals surface area contributed by atoms with Crippen LogP contribution in [0.5, 0.6) is 0 Å². The smallest absolute Gasteiger partial charge is 0.306 e. The lowest BCUT2D eigenvalue weighted by molar-refractivity contribution is -0.161. The van der Waals surface area contributed by atoms with Crippen molar-refractivity contribution in [2.75, 3.05) is 13.2 Å². The zero-order valence-electron chi connectivity index (χ0n) is 28.7. The molecular weight excluding hydrogens is 552 g/mol. The van der Waals surface area contributed by atoms with Crippen molar-refractivity contribution in [3.63, 3.8) is 0 Å². The Morgan fingerprint density at radius 1 is 0.568 bits per heavy atom. The minimum absolute atomic E-state index is 0.0923. The summed E-state index contributed by atoms with van der Waals surface area (Å²) in [7, 11) is 0. The van der Waals surface area contributed by atoms with Crippen LogP contribution in [0.2, 0.25) is 0 Å². The van der Waals surface area contributed by atoms with Crippen LogP contribution in [0.1, 0.15) is 181 Å². The molecule has 1 atom stereocenters. The van der Waals surface area contributed by atoms with Gasteiger partial charge in [-0.1, -0.05) is 148 Å². The van der Waals surface area contributed by atoms with E-state index in [0.717, 1.165) is 77.0 Å². The Kier molecular flexibility index (Phi) is 32.4. The average molecular weight is 621 g/mol. The molecule has 0 aromatic rings. The van der Waals surface area contributed by atoms with E-state index >= 15 is 0 Å². The summed E-state index contributed by atoms with van der Waals surface area (Å²) in [6.45, 7) is 3.95. The molecule has 6 nitrogen and oxygen atoms in total. The summed E-state index contributed by atoms with van der Waals surface area (Å²) in [6.07, 6.45) is 34.9. The number of aliphatic hydroxyl groups excluding tert-OH is 1. The maximum absolute atomic E-state index is 12.1. The van der Waals surface area contributed by atoms with Crippen LogP contribution in [-0.2, 0) is 23.9 Å². The van der Waals surface area contributed by atoms with Crippen molar-refractivity contribution >= 4 is 17.7 Å². The van der Waals surface area contributed by atoms with E-state index in [1.54, 1.807) is 6.08 Å². The summed E-state index contributed by atoms with van der Waals surface area (Å²) in [5.41, 5.74) is 0. The molecule has 0 spiro atoms. The van der Waals surface area contributed by atoms with E-state index in [9.17, 15) is 19.5 Å². The molecule has 0 saturated carbocycles. The number of rotatable bonds is 33. The third kappa shape index (κ3) is 31.5. The summed E-state index contributed by atoms with van der Waals surface area (Å²) < 4.78 is 10.5. The second-order valence-electron chi connectivity index (χ2n) is 12.3. The number of unbranched alkanes of at least 4 members (excludes halogenated alkanes) is 20. The third-order valence-electron chi connectivity index (χ3n) is 7.97. The van der Waals surface area contributed by atoms with Gasteiger partial charge in [0.05, 0.1) is 6.61 Å². The Balaban J connectivity index is 3.63. The van der Waals surface area contributed by atoms with Gasteiger partial charge in [0, 0.05) is 19.3 Å². The fourth-order valence-corrected chi connectivity index (χ4v) is 5.12. The molecule has 0 aliphatic rings. The molecule has 0 heterocycles. The summed E-state index contributed by atoms with van der Waals surface area (Å²) in [6, 6.07) is 0. The lowest BCUT2D eigenvalue weighted by Crippen LogP contribution is -2.28. The Labute approximate surface area is 270 Å². The van der Waals surface area contributed by atoms with E-state index < -0.39 is 6.10 Å². The second-order valence-corrected chi connectivity index (χ2v) is 12.3. The number of hydrogen-bond acceptors (Lipinski definition) is 6. The minimum Gasteiger partial charge on any atom is -0.462 e. The molecule has 0 fully saturated rings. The SMILES string of the molecule is CCCCCCCCCCCCCCCCC(=O)O[C@@H](CO)COC(=O)CCCCCCC/C=C\C=C\C(=O)CCCCC. The normalized spacial score (nSPS) is 12.2. The fraction of sp³-hybridized carbons (Fsp3) is 0.816. The molecule has 256 valence electrons. The lowest BCUT2D eigenvalue weighted by atomic mass is 10.0. The van der Waals surface area contributed by atoms with Gasteiger partial charge in [-0.05, 0) is 38.2 Å². The lowest BCUT2D eigenvalue weighted by Gasteiger charge is -2.15. The maximum atomic E-state index is 12.1. The molecule has 0 rings (SSSR count). The topological polar surface area (TPSA) is 89.9 Å². The number of carbonyl (C=O) groups excluding carboxylic acids is 3. The highest BCUT2D eigenvalue weighted by Crippen LogP contribution is 2.14. The predicted molar refractivity (Wildman–Crippen MR) is 183 cm³/mol. The number of ketones is 1. The van der Waals surface area contributed by atoms with Crippen LogP contribution in [0, 0.1) is 0 Å². The fourth-order valence-electron chi connectivity index (χ4n) is 5.12. The number of aliphatic hydroxyl groups is 1. The van der Waals surface area contributed by atoms with Crippen LogP contribution >= 0.6 is 0 Å². The molecule has 44 heavy (non-hydrogen) atoms. The highest BCUT2D eigenvalue weighted by atomic mass is 16.6. The van der Waals surface area contributed by atoms with Gasteiger partial charge in [-0.3, -0.25) is 14.4 Å². The van der Waals surface area contributed by atoms with Gasteiger partial charge in [-0.2, -0.15) is 0 Å². The van der Waals surface area contributed by atoms with Gasteiger partial charge in [-0.25, -0.2) is 0 Å². The number of ether oxygens (including phenoxy) is 2. The number of esters is 2. The zero-order chi connectivity index (χ0) is 32.4. The van der Waals surface area contributed by atoms with E-state index in [0.29, 0.717) is 19.3 Å². The van der Waals surface area contributed by atoms with Crippen molar-refractivity contribution < 1.29 is 29.0 Å². The first-order chi connectivity index (χ1) is 21.5. The molecule has 0 aliphatic heterocycles. The Morgan fingerprint density at radius 2 is 1.02 bits per heavy atom. The zero-order valence-corrected chi connectivity index (χ0v) is 28.7. The second kappa shape index (κ2) is 33.9. The molecule has 0 aromatic heterocycles. The highest BCUT2D eigenvalue weighted by Gasteiger charge is 2.16. The van der Waals surface area contributed by atoms with Crippen molar-refractivity contribution in [2.45, 2.75) is 187 Å². The molecule has 6 heteroatoms. The van der Waals surface area contributed by atoms with Crippen LogP contribution < -0.4 is 0 Å². The summed E-state index contributed by atoms with van der Waals surface area (Å²) in [4.78, 5) is 35.8. The van der Waals surface area contributed by atoms with E-state index in [-0.39, 0.29) is 30.9 Å². The molecule has 0 saturated heterocycles. The van der Waals surface area contributed by atoms with Crippen LogP contribution in [0.4, 0.5) is 0 Å². The van der Waals surface area contributed by atoms with Crippen molar-refractivity contribution in [1.82, 2.24) is 0 Å². The maximum Gasteiger partial charge on any atom is 0.306 e. The highest BCUT2D eigenvalue weighted by molar-refractivity contribution is 5.89. The van der Waals surface area contributed by atoms with Crippen LogP contribution in [0.25, 0.3) is 0 Å². The van der Waals surface area contributed by atoms with Crippen molar-refractivity contribution in [1.29, 1.82) is 0 Å². The van der Waals surface area contributed by atoms with E-state index in [2.05, 4.69) is 19.9 Å². The number of allylic oxidation sites excluding steroid dienone is 4. The van der Waals surface area contributed by atoms with Gasteiger partial charge < -0.3 is 14.6 Å². The number of hydrogen-bond donors (Lipinski definition) is 1. The largest absolute Gasteiger partial charge is 0.462 e. The van der Waals surface area contributed by atoms with Crippen molar-refractivity contribution in [3.05, 3.63) is 24.3 Å². The molecule has 0 aliphatic carbocycles. The van der Waals surface area contributed by atoms with Gasteiger partial charge in [0.15, 0.2) is 11.9 Å². The first kappa shape index (κ1) is 42.0. The third-order valence-corrected chi connectivity index (χ3v) is 7.97. The van der Waals surface area contributed by atoms with Gasteiger partial charge >= 0.3 is 11.9 Å². The molecule has 0 unspecified atom stereocenters. The quantitative estimate of drug-likeness (QED) is 0.0340. The minimum atomic E-state index is -0.792. The van der Waals surface area contributed by atoms with Crippen molar-refractivity contribution in [3.8, 4) is 0 Å². The van der Waals surface area contributed by atoms with Crippen LogP contribution in [-0.4, -0.2) is 42.1 Å². The molecule has 0 bridgehead atoms. The van der Waals surface area contributed by atoms with Gasteiger partial charge in [0.25, 0.3) is 0 Å². The van der Waals surface area contributed by atoms with E-state index in [1.807, 2.05) is 12.2 Å². The van der Waals surface area contributed by atoms with Crippen LogP contribution in [0.3, 0.4) is 0 Å². The summed E-state index contributed by atoms with van der Waals surface area (Å²) >= 11 is 0.